The predicted octanol–water partition coefficient (Wildman–Crippen LogP) is 2.94. The highest BCUT2D eigenvalue weighted by atomic mass is 32.1. The van der Waals surface area contributed by atoms with Gasteiger partial charge in [0.05, 0.1) is 7.11 Å². The zero-order chi connectivity index (χ0) is 18.0. The number of hydrogen-bond acceptors (Lipinski definition) is 6. The van der Waals surface area contributed by atoms with E-state index in [0.717, 1.165) is 36.0 Å². The Hall–Kier alpha value is -2.67. The SMILES string of the molecule is COC(=O)NC(=O)[C@H](C)OC(=O)c1cc2c(s1)-c1ccccc1CC2. The first-order chi connectivity index (χ1) is 12.0. The van der Waals surface area contributed by atoms with E-state index in [4.69, 9.17) is 4.74 Å². The van der Waals surface area contributed by atoms with Gasteiger partial charge in [0, 0.05) is 4.88 Å². The first-order valence-corrected chi connectivity index (χ1v) is 8.62. The number of rotatable bonds is 3. The molecule has 1 heterocycles. The number of nitrogens with one attached hydrogen (secondary N) is 1. The average molecular weight is 359 g/mol. The van der Waals surface area contributed by atoms with Crippen molar-refractivity contribution < 1.29 is 23.9 Å². The van der Waals surface area contributed by atoms with Crippen LogP contribution in [-0.4, -0.2) is 31.2 Å². The largest absolute Gasteiger partial charge is 0.453 e. The van der Waals surface area contributed by atoms with Crippen LogP contribution in [0.25, 0.3) is 10.4 Å². The number of imide groups is 1. The Balaban J connectivity index is 1.74. The number of alkyl carbamates (subject to hydrolysis) is 1. The van der Waals surface area contributed by atoms with Crippen molar-refractivity contribution >= 4 is 29.3 Å². The van der Waals surface area contributed by atoms with Gasteiger partial charge >= 0.3 is 12.1 Å². The van der Waals surface area contributed by atoms with Crippen LogP contribution in [0.3, 0.4) is 0 Å². The number of carbonyl (C=O) groups is 3. The summed E-state index contributed by atoms with van der Waals surface area (Å²) in [5, 5.41) is 1.97. The second-order valence-corrected chi connectivity index (χ2v) is 6.70. The van der Waals surface area contributed by atoms with Gasteiger partial charge in [-0.1, -0.05) is 24.3 Å². The summed E-state index contributed by atoms with van der Waals surface area (Å²) in [5.74, 6) is -1.31. The monoisotopic (exact) mass is 359 g/mol. The lowest BCUT2D eigenvalue weighted by atomic mass is 9.91. The molecular weight excluding hydrogens is 342 g/mol. The molecule has 130 valence electrons. The van der Waals surface area contributed by atoms with Crippen molar-refractivity contribution in [1.29, 1.82) is 0 Å². The van der Waals surface area contributed by atoms with Crippen molar-refractivity contribution in [3.63, 3.8) is 0 Å². The maximum Gasteiger partial charge on any atom is 0.413 e. The van der Waals surface area contributed by atoms with E-state index >= 15 is 0 Å². The molecule has 0 fully saturated rings. The third kappa shape index (κ3) is 3.56. The lowest BCUT2D eigenvalue weighted by Crippen LogP contribution is -2.39. The Morgan fingerprint density at radius 3 is 2.64 bits per heavy atom. The van der Waals surface area contributed by atoms with Crippen molar-refractivity contribution in [2.24, 2.45) is 0 Å². The van der Waals surface area contributed by atoms with Gasteiger partial charge in [-0.25, -0.2) is 9.59 Å². The maximum atomic E-state index is 12.3. The lowest BCUT2D eigenvalue weighted by molar-refractivity contribution is -0.128. The van der Waals surface area contributed by atoms with Gasteiger partial charge in [0.1, 0.15) is 4.88 Å². The highest BCUT2D eigenvalue weighted by molar-refractivity contribution is 7.17. The van der Waals surface area contributed by atoms with Crippen LogP contribution in [0, 0.1) is 0 Å². The van der Waals surface area contributed by atoms with E-state index in [1.54, 1.807) is 0 Å². The van der Waals surface area contributed by atoms with E-state index in [1.165, 1.54) is 23.8 Å². The molecule has 3 rings (SSSR count). The van der Waals surface area contributed by atoms with Crippen LogP contribution in [0.1, 0.15) is 27.7 Å². The summed E-state index contributed by atoms with van der Waals surface area (Å²) in [5.41, 5.74) is 3.52. The first-order valence-electron chi connectivity index (χ1n) is 7.80. The number of hydrogen-bond donors (Lipinski definition) is 1. The van der Waals surface area contributed by atoms with Gasteiger partial charge in [0.25, 0.3) is 5.91 Å². The quantitative estimate of drug-likeness (QED) is 0.852. The Morgan fingerprint density at radius 1 is 1.16 bits per heavy atom. The van der Waals surface area contributed by atoms with Crippen LogP contribution in [0.2, 0.25) is 0 Å². The van der Waals surface area contributed by atoms with Gasteiger partial charge in [0.15, 0.2) is 6.10 Å². The van der Waals surface area contributed by atoms with Crippen LogP contribution in [-0.2, 0) is 27.1 Å². The number of fused-ring (bicyclic) bond motifs is 3. The fraction of sp³-hybridized carbons (Fsp3) is 0.278. The number of aryl methyl sites for hydroxylation is 2. The van der Waals surface area contributed by atoms with Gasteiger partial charge in [-0.3, -0.25) is 10.1 Å². The molecule has 2 aromatic rings. The van der Waals surface area contributed by atoms with E-state index in [1.807, 2.05) is 29.6 Å². The smallest absolute Gasteiger partial charge is 0.413 e. The Morgan fingerprint density at radius 2 is 1.88 bits per heavy atom. The number of thiophene rings is 1. The molecule has 1 aromatic heterocycles. The van der Waals surface area contributed by atoms with Crippen LogP contribution in [0.5, 0.6) is 0 Å². The second-order valence-electron chi connectivity index (χ2n) is 5.65. The summed E-state index contributed by atoms with van der Waals surface area (Å²) in [4.78, 5) is 36.6. The summed E-state index contributed by atoms with van der Waals surface area (Å²) in [7, 11) is 1.15. The molecule has 6 nitrogen and oxygen atoms in total. The van der Waals surface area contributed by atoms with Crippen LogP contribution >= 0.6 is 11.3 Å². The van der Waals surface area contributed by atoms with Crippen LogP contribution < -0.4 is 5.32 Å². The second kappa shape index (κ2) is 7.06. The molecule has 25 heavy (non-hydrogen) atoms. The highest BCUT2D eigenvalue weighted by Crippen LogP contribution is 2.39. The maximum absolute atomic E-state index is 12.3. The fourth-order valence-electron chi connectivity index (χ4n) is 2.70. The molecule has 1 N–H and O–H groups in total. The molecular formula is C18H17NO5S. The van der Waals surface area contributed by atoms with Crippen LogP contribution in [0.4, 0.5) is 4.79 Å². The summed E-state index contributed by atoms with van der Waals surface area (Å²) >= 11 is 1.36. The van der Waals surface area contributed by atoms with Crippen LogP contribution in [0.15, 0.2) is 30.3 Å². The molecule has 1 aliphatic rings. The van der Waals surface area contributed by atoms with Crippen molar-refractivity contribution in [2.45, 2.75) is 25.9 Å². The topological polar surface area (TPSA) is 81.7 Å². The van der Waals surface area contributed by atoms with E-state index in [9.17, 15) is 14.4 Å². The van der Waals surface area contributed by atoms with Crippen molar-refractivity contribution in [1.82, 2.24) is 5.32 Å². The summed E-state index contributed by atoms with van der Waals surface area (Å²) in [6, 6.07) is 9.95. The molecule has 0 bridgehead atoms. The van der Waals surface area contributed by atoms with Gasteiger partial charge in [-0.05, 0) is 42.5 Å². The molecule has 0 saturated heterocycles. The fourth-order valence-corrected chi connectivity index (χ4v) is 3.85. The van der Waals surface area contributed by atoms with Gasteiger partial charge in [-0.15, -0.1) is 11.3 Å². The zero-order valence-electron chi connectivity index (χ0n) is 13.8. The number of benzene rings is 1. The van der Waals surface area contributed by atoms with Crippen molar-refractivity contribution in [3.8, 4) is 10.4 Å². The molecule has 1 atom stereocenters. The number of amides is 2. The Kier molecular flexibility index (Phi) is 4.85. The molecule has 7 heteroatoms. The standard InChI is InChI=1S/C18H17NO5S/c1-10(16(20)19-18(22)23-2)24-17(21)14-9-12-8-7-11-5-3-4-6-13(11)15(12)25-14/h3-6,9-10H,7-8H2,1-2H3,(H,19,20,22)/t10-/m0/s1. The number of ether oxygens (including phenoxy) is 2. The average Bonchev–Trinajstić information content (AvgIpc) is 3.06. The first kappa shape index (κ1) is 17.2. The van der Waals surface area contributed by atoms with E-state index in [-0.39, 0.29) is 0 Å². The molecule has 0 unspecified atom stereocenters. The Bertz CT molecular complexity index is 842. The lowest BCUT2D eigenvalue weighted by Gasteiger charge is -2.15. The van der Waals surface area contributed by atoms with Gasteiger partial charge in [-0.2, -0.15) is 0 Å². The Labute approximate surface area is 148 Å². The van der Waals surface area contributed by atoms with E-state index in [0.29, 0.717) is 4.88 Å². The molecule has 0 aliphatic heterocycles. The number of esters is 1. The molecule has 1 aromatic carbocycles. The molecule has 0 radical (unpaired) electrons. The normalized spacial score (nSPS) is 13.2. The minimum absolute atomic E-state index is 0.444. The zero-order valence-corrected chi connectivity index (χ0v) is 14.6. The van der Waals surface area contributed by atoms with Crippen molar-refractivity contribution in [2.75, 3.05) is 7.11 Å². The van der Waals surface area contributed by atoms with Gasteiger partial charge in [0.2, 0.25) is 0 Å². The van der Waals surface area contributed by atoms with Crippen molar-refractivity contribution in [3.05, 3.63) is 46.3 Å². The molecule has 1 aliphatic carbocycles. The third-order valence-electron chi connectivity index (χ3n) is 4.00. The minimum atomic E-state index is -1.10. The number of methoxy groups -OCH3 is 1. The van der Waals surface area contributed by atoms with E-state index in [2.05, 4.69) is 10.8 Å². The molecule has 2 amide bonds. The summed E-state index contributed by atoms with van der Waals surface area (Å²) in [6.07, 6.45) is -0.185. The highest BCUT2D eigenvalue weighted by Gasteiger charge is 2.25. The third-order valence-corrected chi connectivity index (χ3v) is 5.19. The minimum Gasteiger partial charge on any atom is -0.453 e. The number of carbonyl (C=O) groups excluding carboxylic acids is 3. The van der Waals surface area contributed by atoms with Gasteiger partial charge < -0.3 is 9.47 Å². The summed E-state index contributed by atoms with van der Waals surface area (Å²) in [6.45, 7) is 1.40. The van der Waals surface area contributed by atoms with E-state index < -0.39 is 24.1 Å². The molecule has 0 spiro atoms. The molecule has 0 saturated carbocycles. The summed E-state index contributed by atoms with van der Waals surface area (Å²) < 4.78 is 9.50. The predicted molar refractivity (Wildman–Crippen MR) is 92.6 cm³/mol.